The summed E-state index contributed by atoms with van der Waals surface area (Å²) in [5.41, 5.74) is 3.80. The van der Waals surface area contributed by atoms with E-state index in [-0.39, 0.29) is 0 Å². The SMILES string of the molecule is CC1(C)CCCN(CC23CC4C[C@@](C)(C2)C[C@](c2ccccc2)(C4)C3)C1. The van der Waals surface area contributed by atoms with E-state index in [9.17, 15) is 0 Å². The molecule has 4 aliphatic carbocycles. The molecule has 0 spiro atoms. The van der Waals surface area contributed by atoms with Crippen molar-refractivity contribution in [2.75, 3.05) is 19.6 Å². The van der Waals surface area contributed by atoms with E-state index < -0.39 is 0 Å². The van der Waals surface area contributed by atoms with Crippen LogP contribution in [0.1, 0.15) is 77.7 Å². The van der Waals surface area contributed by atoms with Crippen molar-refractivity contribution >= 4 is 0 Å². The van der Waals surface area contributed by atoms with Gasteiger partial charge in [-0.2, -0.15) is 0 Å². The van der Waals surface area contributed by atoms with Crippen LogP contribution in [-0.2, 0) is 5.41 Å². The molecule has 1 aromatic carbocycles. The second-order valence-electron chi connectivity index (χ2n) is 11.9. The molecule has 4 saturated carbocycles. The minimum Gasteiger partial charge on any atom is -0.302 e. The highest BCUT2D eigenvalue weighted by molar-refractivity contribution is 5.31. The number of hydrogen-bond donors (Lipinski definition) is 0. The Morgan fingerprint density at radius 2 is 1.77 bits per heavy atom. The van der Waals surface area contributed by atoms with E-state index in [0.717, 1.165) is 5.92 Å². The zero-order valence-corrected chi connectivity index (χ0v) is 17.2. The van der Waals surface area contributed by atoms with Gasteiger partial charge in [0.05, 0.1) is 0 Å². The van der Waals surface area contributed by atoms with E-state index >= 15 is 0 Å². The van der Waals surface area contributed by atoms with Crippen LogP contribution in [0.25, 0.3) is 0 Å². The minimum absolute atomic E-state index is 0.473. The highest BCUT2D eigenvalue weighted by Crippen LogP contribution is 2.70. The van der Waals surface area contributed by atoms with Crippen LogP contribution in [0.4, 0.5) is 0 Å². The maximum Gasteiger partial charge on any atom is 0.00388 e. The molecule has 4 bridgehead atoms. The minimum atomic E-state index is 0.473. The molecule has 6 rings (SSSR count). The van der Waals surface area contributed by atoms with Gasteiger partial charge in [0, 0.05) is 13.1 Å². The maximum atomic E-state index is 2.86. The van der Waals surface area contributed by atoms with Gasteiger partial charge in [0.15, 0.2) is 0 Å². The first-order chi connectivity index (χ1) is 12.3. The van der Waals surface area contributed by atoms with E-state index in [1.165, 1.54) is 71.0 Å². The third-order valence-corrected chi connectivity index (χ3v) is 8.39. The molecule has 1 aliphatic heterocycles. The molecule has 1 heterocycles. The summed E-state index contributed by atoms with van der Waals surface area (Å²) in [6.45, 7) is 11.6. The van der Waals surface area contributed by atoms with Crippen LogP contribution in [0, 0.1) is 22.2 Å². The largest absolute Gasteiger partial charge is 0.302 e. The molecular formula is C25H37N. The van der Waals surface area contributed by atoms with Crippen molar-refractivity contribution in [3.63, 3.8) is 0 Å². The van der Waals surface area contributed by atoms with Crippen LogP contribution < -0.4 is 0 Å². The fourth-order valence-electron chi connectivity index (χ4n) is 8.58. The molecule has 1 aromatic rings. The number of rotatable bonds is 3. The highest BCUT2D eigenvalue weighted by Gasteiger charge is 2.62. The van der Waals surface area contributed by atoms with Crippen molar-refractivity contribution in [3.8, 4) is 0 Å². The number of nitrogens with zero attached hydrogens (tertiary/aromatic N) is 1. The fraction of sp³-hybridized carbons (Fsp3) is 0.760. The molecule has 1 saturated heterocycles. The van der Waals surface area contributed by atoms with Gasteiger partial charge in [-0.15, -0.1) is 0 Å². The van der Waals surface area contributed by atoms with Gasteiger partial charge in [-0.1, -0.05) is 51.1 Å². The molecule has 2 unspecified atom stereocenters. The second-order valence-corrected chi connectivity index (χ2v) is 11.9. The summed E-state index contributed by atoms with van der Waals surface area (Å²) in [5.74, 6) is 0.967. The first-order valence-electron chi connectivity index (χ1n) is 11.1. The molecule has 0 N–H and O–H groups in total. The molecule has 4 atom stereocenters. The Labute approximate surface area is 160 Å². The summed E-state index contributed by atoms with van der Waals surface area (Å²) >= 11 is 0. The standard InChI is InChI=1S/C25H37N/c1-22(2)10-7-11-26(18-22)19-24-13-20-12-23(3,15-24)16-25(14-20,17-24)21-8-5-4-6-9-21/h4-6,8-9,20H,7,10-19H2,1-3H3/t20?,23-,24?,25+/m0/s1. The average Bonchev–Trinajstić information content (AvgIpc) is 2.52. The number of benzene rings is 1. The van der Waals surface area contributed by atoms with Crippen LogP contribution in [-0.4, -0.2) is 24.5 Å². The van der Waals surface area contributed by atoms with Crippen LogP contribution >= 0.6 is 0 Å². The summed E-state index contributed by atoms with van der Waals surface area (Å²) in [7, 11) is 0. The molecule has 1 heteroatoms. The number of hydrogen-bond acceptors (Lipinski definition) is 1. The first kappa shape index (κ1) is 17.3. The summed E-state index contributed by atoms with van der Waals surface area (Å²) < 4.78 is 0. The van der Waals surface area contributed by atoms with Gasteiger partial charge in [-0.3, -0.25) is 0 Å². The summed E-state index contributed by atoms with van der Waals surface area (Å²) in [5, 5.41) is 0. The zero-order chi connectivity index (χ0) is 18.0. The monoisotopic (exact) mass is 351 g/mol. The summed E-state index contributed by atoms with van der Waals surface area (Å²) in [6.07, 6.45) is 11.6. The van der Waals surface area contributed by atoms with E-state index in [2.05, 4.69) is 56.0 Å². The van der Waals surface area contributed by atoms with Crippen LogP contribution in [0.3, 0.4) is 0 Å². The maximum absolute atomic E-state index is 2.86. The van der Waals surface area contributed by atoms with Gasteiger partial charge in [-0.05, 0) is 91.1 Å². The summed E-state index contributed by atoms with van der Waals surface area (Å²) in [4.78, 5) is 2.86. The lowest BCUT2D eigenvalue weighted by Gasteiger charge is -2.67. The van der Waals surface area contributed by atoms with E-state index in [4.69, 9.17) is 0 Å². The smallest absolute Gasteiger partial charge is 0.00388 e. The van der Waals surface area contributed by atoms with Gasteiger partial charge < -0.3 is 4.90 Å². The fourth-order valence-corrected chi connectivity index (χ4v) is 8.58. The van der Waals surface area contributed by atoms with Crippen LogP contribution in [0.5, 0.6) is 0 Å². The third-order valence-electron chi connectivity index (χ3n) is 8.39. The molecule has 5 aliphatic rings. The van der Waals surface area contributed by atoms with Crippen molar-refractivity contribution in [2.24, 2.45) is 22.2 Å². The van der Waals surface area contributed by atoms with Crippen LogP contribution in [0.2, 0.25) is 0 Å². The molecule has 1 nitrogen and oxygen atoms in total. The van der Waals surface area contributed by atoms with E-state index in [1.54, 1.807) is 5.56 Å². The predicted octanol–water partition coefficient (Wildman–Crippen LogP) is 6.04. The molecule has 5 fully saturated rings. The number of piperidine rings is 1. The predicted molar refractivity (Wildman–Crippen MR) is 109 cm³/mol. The Kier molecular flexibility index (Phi) is 3.72. The van der Waals surface area contributed by atoms with Crippen molar-refractivity contribution in [2.45, 2.75) is 77.6 Å². The van der Waals surface area contributed by atoms with Crippen molar-refractivity contribution < 1.29 is 0 Å². The lowest BCUT2D eigenvalue weighted by Crippen LogP contribution is -2.61. The highest BCUT2D eigenvalue weighted by atomic mass is 15.1. The number of likely N-dealkylation sites (tertiary alicyclic amines) is 1. The van der Waals surface area contributed by atoms with Gasteiger partial charge in [-0.25, -0.2) is 0 Å². The second kappa shape index (κ2) is 5.60. The Bertz CT molecular complexity index is 679. The topological polar surface area (TPSA) is 3.24 Å². The van der Waals surface area contributed by atoms with Gasteiger partial charge >= 0.3 is 0 Å². The molecule has 0 aromatic heterocycles. The zero-order valence-electron chi connectivity index (χ0n) is 17.2. The molecule has 26 heavy (non-hydrogen) atoms. The molecular weight excluding hydrogens is 314 g/mol. The lowest BCUT2D eigenvalue weighted by molar-refractivity contribution is -0.132. The molecule has 142 valence electrons. The molecule has 0 amide bonds. The van der Waals surface area contributed by atoms with Crippen molar-refractivity contribution in [1.29, 1.82) is 0 Å². The normalized spacial score (nSPS) is 44.3. The van der Waals surface area contributed by atoms with Crippen LogP contribution in [0.15, 0.2) is 30.3 Å². The van der Waals surface area contributed by atoms with E-state index in [1.807, 2.05) is 0 Å². The summed E-state index contributed by atoms with van der Waals surface area (Å²) in [6, 6.07) is 11.6. The Morgan fingerprint density at radius 1 is 0.962 bits per heavy atom. The third kappa shape index (κ3) is 2.86. The lowest BCUT2D eigenvalue weighted by atomic mass is 9.39. The molecule has 0 radical (unpaired) electrons. The Hall–Kier alpha value is -0.820. The van der Waals surface area contributed by atoms with Crippen molar-refractivity contribution in [3.05, 3.63) is 35.9 Å². The van der Waals surface area contributed by atoms with Gasteiger partial charge in [0.25, 0.3) is 0 Å². The van der Waals surface area contributed by atoms with E-state index in [0.29, 0.717) is 21.7 Å². The van der Waals surface area contributed by atoms with Gasteiger partial charge in [0.1, 0.15) is 0 Å². The average molecular weight is 352 g/mol. The van der Waals surface area contributed by atoms with Gasteiger partial charge in [0.2, 0.25) is 0 Å². The first-order valence-corrected chi connectivity index (χ1v) is 11.1. The Morgan fingerprint density at radius 3 is 2.50 bits per heavy atom. The Balaban J connectivity index is 1.46. The van der Waals surface area contributed by atoms with Crippen molar-refractivity contribution in [1.82, 2.24) is 4.90 Å². The quantitative estimate of drug-likeness (QED) is 0.642.